The van der Waals surface area contributed by atoms with Crippen molar-refractivity contribution in [3.63, 3.8) is 0 Å². The molecule has 1 aliphatic heterocycles. The summed E-state index contributed by atoms with van der Waals surface area (Å²) in [5.74, 6) is -1.15. The number of amides is 1. The van der Waals surface area contributed by atoms with E-state index >= 15 is 0 Å². The highest BCUT2D eigenvalue weighted by Gasteiger charge is 2.37. The first-order chi connectivity index (χ1) is 16.9. The van der Waals surface area contributed by atoms with Gasteiger partial charge in [-0.1, -0.05) is 59.2 Å². The molecule has 36 heavy (non-hydrogen) atoms. The molecule has 0 saturated carbocycles. The second-order valence-corrected chi connectivity index (χ2v) is 9.51. The number of carbonyl (C=O) groups excluding carboxylic acids is 2. The summed E-state index contributed by atoms with van der Waals surface area (Å²) >= 11 is 6.25. The van der Waals surface area contributed by atoms with Crippen molar-refractivity contribution in [1.29, 1.82) is 0 Å². The molecule has 1 amide bonds. The van der Waals surface area contributed by atoms with Crippen LogP contribution in [0.2, 0.25) is 5.02 Å². The number of alkyl halides is 3. The predicted octanol–water partition coefficient (Wildman–Crippen LogP) is 6.48. The number of ketones is 1. The number of nitrogens with one attached hydrogen (secondary N) is 1. The number of hydrogen-bond donors (Lipinski definition) is 1. The number of carbonyl (C=O) groups is 2. The lowest BCUT2D eigenvalue weighted by molar-refractivity contribution is -0.138. The summed E-state index contributed by atoms with van der Waals surface area (Å²) in [5, 5.41) is 8.23. The SMILES string of the molecule is Cc1cc(Cl)cc([C@]2(C)CC(c3ccc(C(=O)CCC(=O)NCC(F)(F)F)c4ccccc34)=NO2)c1. The molecule has 188 valence electrons. The molecule has 1 heterocycles. The fraction of sp³-hybridized carbons (Fsp3) is 0.296. The van der Waals surface area contributed by atoms with E-state index in [2.05, 4.69) is 5.16 Å². The van der Waals surface area contributed by atoms with Crippen LogP contribution in [0.15, 0.2) is 59.8 Å². The van der Waals surface area contributed by atoms with Gasteiger partial charge < -0.3 is 10.2 Å². The quantitative estimate of drug-likeness (QED) is 0.365. The topological polar surface area (TPSA) is 67.8 Å². The number of rotatable bonds is 7. The highest BCUT2D eigenvalue weighted by Crippen LogP contribution is 2.39. The molecular formula is C27H24ClF3N2O3. The van der Waals surface area contributed by atoms with Crippen LogP contribution in [0.5, 0.6) is 0 Å². The van der Waals surface area contributed by atoms with Gasteiger partial charge in [-0.25, -0.2) is 0 Å². The van der Waals surface area contributed by atoms with E-state index in [9.17, 15) is 22.8 Å². The van der Waals surface area contributed by atoms with Gasteiger partial charge in [-0.15, -0.1) is 0 Å². The summed E-state index contributed by atoms with van der Waals surface area (Å²) in [7, 11) is 0. The van der Waals surface area contributed by atoms with Crippen LogP contribution in [0.4, 0.5) is 13.2 Å². The Labute approximate surface area is 211 Å². The van der Waals surface area contributed by atoms with Crippen molar-refractivity contribution < 1.29 is 27.6 Å². The molecule has 0 bridgehead atoms. The summed E-state index contributed by atoms with van der Waals surface area (Å²) in [6.07, 6.45) is -4.55. The lowest BCUT2D eigenvalue weighted by atomic mass is 9.86. The van der Waals surface area contributed by atoms with E-state index in [4.69, 9.17) is 16.4 Å². The Hall–Kier alpha value is -3.39. The first-order valence-corrected chi connectivity index (χ1v) is 11.7. The monoisotopic (exact) mass is 516 g/mol. The zero-order valence-electron chi connectivity index (χ0n) is 19.7. The molecule has 1 atom stereocenters. The Balaban J connectivity index is 1.55. The number of nitrogens with zero attached hydrogens (tertiary/aromatic N) is 1. The molecule has 0 spiro atoms. The first kappa shape index (κ1) is 25.7. The van der Waals surface area contributed by atoms with Crippen molar-refractivity contribution >= 4 is 39.8 Å². The normalized spacial score (nSPS) is 17.6. The van der Waals surface area contributed by atoms with Gasteiger partial charge >= 0.3 is 6.18 Å². The molecule has 0 radical (unpaired) electrons. The minimum absolute atomic E-state index is 0.205. The Morgan fingerprint density at radius 2 is 1.81 bits per heavy atom. The second-order valence-electron chi connectivity index (χ2n) is 9.08. The first-order valence-electron chi connectivity index (χ1n) is 11.4. The van der Waals surface area contributed by atoms with Crippen molar-refractivity contribution in [3.8, 4) is 0 Å². The maximum Gasteiger partial charge on any atom is 0.405 e. The van der Waals surface area contributed by atoms with Crippen LogP contribution in [-0.4, -0.2) is 30.1 Å². The van der Waals surface area contributed by atoms with Crippen LogP contribution in [0.1, 0.15) is 53.2 Å². The lowest BCUT2D eigenvalue weighted by Crippen LogP contribution is -2.33. The third-order valence-corrected chi connectivity index (χ3v) is 6.33. The van der Waals surface area contributed by atoms with Gasteiger partial charge in [0, 0.05) is 35.4 Å². The average Bonchev–Trinajstić information content (AvgIpc) is 3.22. The molecule has 1 N–H and O–H groups in total. The molecule has 0 aromatic heterocycles. The van der Waals surface area contributed by atoms with Gasteiger partial charge in [0.1, 0.15) is 6.54 Å². The van der Waals surface area contributed by atoms with Gasteiger partial charge in [0.05, 0.1) is 5.71 Å². The van der Waals surface area contributed by atoms with Crippen LogP contribution in [0.25, 0.3) is 10.8 Å². The number of aryl methyl sites for hydroxylation is 1. The van der Waals surface area contributed by atoms with E-state index in [-0.39, 0.29) is 18.6 Å². The van der Waals surface area contributed by atoms with E-state index in [1.54, 1.807) is 29.6 Å². The van der Waals surface area contributed by atoms with Crippen LogP contribution < -0.4 is 5.32 Å². The maximum atomic E-state index is 12.9. The number of benzene rings is 3. The van der Waals surface area contributed by atoms with E-state index < -0.39 is 24.2 Å². The molecule has 9 heteroatoms. The van der Waals surface area contributed by atoms with Gasteiger partial charge in [-0.2, -0.15) is 13.2 Å². The highest BCUT2D eigenvalue weighted by atomic mass is 35.5. The molecule has 3 aromatic rings. The molecular weight excluding hydrogens is 493 g/mol. The number of halogens is 4. The Kier molecular flexibility index (Phi) is 7.09. The van der Waals surface area contributed by atoms with Crippen molar-refractivity contribution in [2.45, 2.75) is 44.9 Å². The van der Waals surface area contributed by atoms with E-state index in [1.165, 1.54) is 0 Å². The third kappa shape index (κ3) is 5.70. The van der Waals surface area contributed by atoms with E-state index in [1.807, 2.05) is 44.2 Å². The Morgan fingerprint density at radius 3 is 2.50 bits per heavy atom. The second kappa shape index (κ2) is 9.93. The molecule has 0 aliphatic carbocycles. The van der Waals surface area contributed by atoms with Crippen LogP contribution in [0.3, 0.4) is 0 Å². The zero-order chi connectivity index (χ0) is 26.1. The number of fused-ring (bicyclic) bond motifs is 1. The highest BCUT2D eigenvalue weighted by molar-refractivity contribution is 6.30. The minimum Gasteiger partial charge on any atom is -0.384 e. The van der Waals surface area contributed by atoms with Crippen molar-refractivity contribution in [1.82, 2.24) is 5.32 Å². The summed E-state index contributed by atoms with van der Waals surface area (Å²) in [4.78, 5) is 30.5. The number of oxime groups is 1. The number of Topliss-reactive ketones (excluding diaryl/α,β-unsaturated/α-hetero) is 1. The van der Waals surface area contributed by atoms with Crippen LogP contribution in [0, 0.1) is 6.92 Å². The van der Waals surface area contributed by atoms with Gasteiger partial charge in [0.25, 0.3) is 0 Å². The molecule has 1 aliphatic rings. The Morgan fingerprint density at radius 1 is 1.08 bits per heavy atom. The molecule has 5 nitrogen and oxygen atoms in total. The standard InChI is InChI=1S/C27H24ClF3N2O3/c1-16-11-17(13-18(28)12-16)26(2)14-23(33-36-26)21-7-8-22(20-6-4-3-5-19(20)21)24(34)9-10-25(35)32-15-27(29,30)31/h3-8,11-13H,9-10,14-15H2,1-2H3,(H,32,35)/t26-/m0/s1. The zero-order valence-corrected chi connectivity index (χ0v) is 20.5. The maximum absolute atomic E-state index is 12.9. The van der Waals surface area contributed by atoms with Crippen molar-refractivity contribution in [3.05, 3.63) is 81.9 Å². The predicted molar refractivity (Wildman–Crippen MR) is 132 cm³/mol. The Bertz CT molecular complexity index is 1350. The summed E-state index contributed by atoms with van der Waals surface area (Å²) < 4.78 is 36.9. The van der Waals surface area contributed by atoms with E-state index in [0.29, 0.717) is 22.4 Å². The minimum atomic E-state index is -4.50. The van der Waals surface area contributed by atoms with Crippen molar-refractivity contribution in [2.75, 3.05) is 6.54 Å². The molecule has 0 fully saturated rings. The largest absolute Gasteiger partial charge is 0.405 e. The summed E-state index contributed by atoms with van der Waals surface area (Å²) in [6, 6.07) is 16.5. The van der Waals surface area contributed by atoms with Crippen LogP contribution >= 0.6 is 11.6 Å². The smallest absolute Gasteiger partial charge is 0.384 e. The fourth-order valence-electron chi connectivity index (χ4n) is 4.32. The molecule has 0 saturated heterocycles. The summed E-state index contributed by atoms with van der Waals surface area (Å²) in [6.45, 7) is 2.48. The van der Waals surface area contributed by atoms with Crippen molar-refractivity contribution in [2.24, 2.45) is 5.16 Å². The molecule has 4 rings (SSSR count). The van der Waals surface area contributed by atoms with Gasteiger partial charge in [0.15, 0.2) is 11.4 Å². The molecule has 3 aromatic carbocycles. The number of hydrogen-bond acceptors (Lipinski definition) is 4. The fourth-order valence-corrected chi connectivity index (χ4v) is 4.61. The summed E-state index contributed by atoms with van der Waals surface area (Å²) in [5.41, 5.74) is 3.14. The van der Waals surface area contributed by atoms with Gasteiger partial charge in [-0.3, -0.25) is 9.59 Å². The van der Waals surface area contributed by atoms with Crippen LogP contribution in [-0.2, 0) is 15.2 Å². The average molecular weight is 517 g/mol. The van der Waals surface area contributed by atoms with Gasteiger partial charge in [-0.05, 0) is 47.9 Å². The lowest BCUT2D eigenvalue weighted by Gasteiger charge is -2.22. The third-order valence-electron chi connectivity index (χ3n) is 6.12. The van der Waals surface area contributed by atoms with E-state index in [0.717, 1.165) is 27.8 Å². The molecule has 0 unspecified atom stereocenters. The van der Waals surface area contributed by atoms with Gasteiger partial charge in [0.2, 0.25) is 5.91 Å².